The topological polar surface area (TPSA) is 32.3 Å². The number of carbonyl (C=O) groups excluding carboxylic acids is 1. The highest BCUT2D eigenvalue weighted by molar-refractivity contribution is 7.98. The molecule has 0 aromatic heterocycles. The highest BCUT2D eigenvalue weighted by atomic mass is 32.2. The largest absolute Gasteiger partial charge is 0.342 e. The van der Waals surface area contributed by atoms with Crippen LogP contribution in [0.1, 0.15) is 26.2 Å². The van der Waals surface area contributed by atoms with E-state index in [1.807, 2.05) is 11.9 Å². The second-order valence-corrected chi connectivity index (χ2v) is 5.20. The molecule has 1 amide bonds. The zero-order chi connectivity index (χ0) is 11.3. The molecule has 1 unspecified atom stereocenters. The third-order valence-corrected chi connectivity index (χ3v) is 3.63. The van der Waals surface area contributed by atoms with Gasteiger partial charge in [-0.15, -0.1) is 0 Å². The van der Waals surface area contributed by atoms with Crippen molar-refractivity contribution >= 4 is 17.7 Å². The van der Waals surface area contributed by atoms with Crippen LogP contribution >= 0.6 is 11.8 Å². The molecule has 1 atom stereocenters. The van der Waals surface area contributed by atoms with E-state index in [1.54, 1.807) is 11.8 Å². The van der Waals surface area contributed by atoms with E-state index in [0.29, 0.717) is 18.5 Å². The number of carbonyl (C=O) groups is 1. The summed E-state index contributed by atoms with van der Waals surface area (Å²) in [4.78, 5) is 13.6. The quantitative estimate of drug-likeness (QED) is 0.716. The molecule has 0 heterocycles. The maximum Gasteiger partial charge on any atom is 0.223 e. The zero-order valence-electron chi connectivity index (χ0n) is 9.95. The minimum absolute atomic E-state index is 0.254. The molecule has 0 aliphatic heterocycles. The Bertz CT molecular complexity index is 207. The van der Waals surface area contributed by atoms with E-state index in [1.165, 1.54) is 12.8 Å². The van der Waals surface area contributed by atoms with E-state index in [4.69, 9.17) is 0 Å². The fourth-order valence-electron chi connectivity index (χ4n) is 1.45. The van der Waals surface area contributed by atoms with Crippen molar-refractivity contribution in [2.24, 2.45) is 0 Å². The van der Waals surface area contributed by atoms with E-state index in [-0.39, 0.29) is 5.91 Å². The molecule has 1 fully saturated rings. The Morgan fingerprint density at radius 3 is 2.80 bits per heavy atom. The SMILES string of the molecule is CSCC(C)N(C)C(=O)CCNC1CC1. The molecule has 1 rings (SSSR count). The third-order valence-electron chi connectivity index (χ3n) is 2.81. The van der Waals surface area contributed by atoms with Crippen LogP contribution in [-0.4, -0.2) is 48.5 Å². The van der Waals surface area contributed by atoms with Gasteiger partial charge in [0.15, 0.2) is 0 Å². The molecule has 0 aromatic carbocycles. The lowest BCUT2D eigenvalue weighted by molar-refractivity contribution is -0.131. The smallest absolute Gasteiger partial charge is 0.223 e. The van der Waals surface area contributed by atoms with Crippen molar-refractivity contribution in [1.82, 2.24) is 10.2 Å². The normalized spacial score (nSPS) is 17.5. The van der Waals surface area contributed by atoms with Gasteiger partial charge in [-0.2, -0.15) is 11.8 Å². The lowest BCUT2D eigenvalue weighted by Gasteiger charge is -2.24. The first-order chi connectivity index (χ1) is 7.15. The van der Waals surface area contributed by atoms with Crippen molar-refractivity contribution in [1.29, 1.82) is 0 Å². The molecule has 0 bridgehead atoms. The molecule has 0 radical (unpaired) electrons. The number of thioether (sulfide) groups is 1. The standard InChI is InChI=1S/C11H22N2OS/c1-9(8-15-3)13(2)11(14)6-7-12-10-4-5-10/h9-10,12H,4-8H2,1-3H3. The van der Waals surface area contributed by atoms with Gasteiger partial charge < -0.3 is 10.2 Å². The molecular formula is C11H22N2OS. The highest BCUT2D eigenvalue weighted by Crippen LogP contribution is 2.18. The minimum Gasteiger partial charge on any atom is -0.342 e. The van der Waals surface area contributed by atoms with Gasteiger partial charge in [-0.25, -0.2) is 0 Å². The van der Waals surface area contributed by atoms with Crippen LogP contribution in [0.3, 0.4) is 0 Å². The summed E-state index contributed by atoms with van der Waals surface area (Å²) >= 11 is 1.78. The van der Waals surface area contributed by atoms with E-state index < -0.39 is 0 Å². The summed E-state index contributed by atoms with van der Waals surface area (Å²) in [5, 5.41) is 3.36. The third kappa shape index (κ3) is 4.89. The lowest BCUT2D eigenvalue weighted by Crippen LogP contribution is -2.38. The number of hydrogen-bond donors (Lipinski definition) is 1. The van der Waals surface area contributed by atoms with Gasteiger partial charge in [0.05, 0.1) is 0 Å². The molecule has 1 N–H and O–H groups in total. The number of amides is 1. The number of nitrogens with one attached hydrogen (secondary N) is 1. The average molecular weight is 230 g/mol. The molecule has 3 nitrogen and oxygen atoms in total. The van der Waals surface area contributed by atoms with Crippen LogP contribution in [0.4, 0.5) is 0 Å². The maximum atomic E-state index is 11.7. The van der Waals surface area contributed by atoms with Crippen molar-refractivity contribution < 1.29 is 4.79 Å². The van der Waals surface area contributed by atoms with Crippen LogP contribution in [0, 0.1) is 0 Å². The Morgan fingerprint density at radius 2 is 2.27 bits per heavy atom. The van der Waals surface area contributed by atoms with Crippen LogP contribution in [0.15, 0.2) is 0 Å². The van der Waals surface area contributed by atoms with Gasteiger partial charge in [-0.05, 0) is 26.0 Å². The van der Waals surface area contributed by atoms with Crippen molar-refractivity contribution in [2.45, 2.75) is 38.3 Å². The van der Waals surface area contributed by atoms with Gasteiger partial charge in [0, 0.05) is 37.8 Å². The maximum absolute atomic E-state index is 11.7. The molecule has 0 aromatic rings. The summed E-state index contributed by atoms with van der Waals surface area (Å²) in [5.74, 6) is 1.27. The second kappa shape index (κ2) is 6.38. The molecule has 4 heteroatoms. The molecular weight excluding hydrogens is 208 g/mol. The molecule has 88 valence electrons. The van der Waals surface area contributed by atoms with Crippen molar-refractivity contribution in [3.63, 3.8) is 0 Å². The molecule has 15 heavy (non-hydrogen) atoms. The van der Waals surface area contributed by atoms with Gasteiger partial charge >= 0.3 is 0 Å². The second-order valence-electron chi connectivity index (χ2n) is 4.29. The monoisotopic (exact) mass is 230 g/mol. The van der Waals surface area contributed by atoms with E-state index in [0.717, 1.165) is 12.3 Å². The predicted octanol–water partition coefficient (Wildman–Crippen LogP) is 1.34. The van der Waals surface area contributed by atoms with Crippen LogP contribution in [0.5, 0.6) is 0 Å². The summed E-state index contributed by atoms with van der Waals surface area (Å²) < 4.78 is 0. The Labute approximate surface area is 97.0 Å². The van der Waals surface area contributed by atoms with Crippen molar-refractivity contribution in [3.05, 3.63) is 0 Å². The van der Waals surface area contributed by atoms with Gasteiger partial charge in [-0.3, -0.25) is 4.79 Å². The van der Waals surface area contributed by atoms with Gasteiger partial charge in [-0.1, -0.05) is 0 Å². The lowest BCUT2D eigenvalue weighted by atomic mass is 10.3. The minimum atomic E-state index is 0.254. The molecule has 1 saturated carbocycles. The number of hydrogen-bond acceptors (Lipinski definition) is 3. The van der Waals surface area contributed by atoms with E-state index in [9.17, 15) is 4.79 Å². The molecule has 1 aliphatic rings. The first kappa shape index (κ1) is 12.8. The van der Waals surface area contributed by atoms with E-state index >= 15 is 0 Å². The summed E-state index contributed by atoms with van der Waals surface area (Å²) in [7, 11) is 1.90. The van der Waals surface area contributed by atoms with Gasteiger partial charge in [0.2, 0.25) is 5.91 Å². The van der Waals surface area contributed by atoms with Gasteiger partial charge in [0.1, 0.15) is 0 Å². The van der Waals surface area contributed by atoms with Crippen molar-refractivity contribution in [3.8, 4) is 0 Å². The first-order valence-corrected chi connectivity index (χ1v) is 7.02. The zero-order valence-corrected chi connectivity index (χ0v) is 10.8. The Kier molecular flexibility index (Phi) is 5.47. The van der Waals surface area contributed by atoms with Crippen molar-refractivity contribution in [2.75, 3.05) is 25.6 Å². The number of rotatable bonds is 7. The summed E-state index contributed by atoms with van der Waals surface area (Å²) in [5.41, 5.74) is 0. The Morgan fingerprint density at radius 1 is 1.60 bits per heavy atom. The molecule has 0 spiro atoms. The van der Waals surface area contributed by atoms with Crippen LogP contribution in [0.25, 0.3) is 0 Å². The Balaban J connectivity index is 2.12. The number of nitrogens with zero attached hydrogens (tertiary/aromatic N) is 1. The van der Waals surface area contributed by atoms with Crippen LogP contribution in [0.2, 0.25) is 0 Å². The summed E-state index contributed by atoms with van der Waals surface area (Å²) in [6, 6.07) is 1.04. The predicted molar refractivity (Wildman–Crippen MR) is 66.3 cm³/mol. The van der Waals surface area contributed by atoms with Gasteiger partial charge in [0.25, 0.3) is 0 Å². The summed E-state index contributed by atoms with van der Waals surface area (Å²) in [6.07, 6.45) is 5.27. The Hall–Kier alpha value is -0.220. The fraction of sp³-hybridized carbons (Fsp3) is 0.909. The molecule has 0 saturated heterocycles. The molecule has 1 aliphatic carbocycles. The van der Waals surface area contributed by atoms with E-state index in [2.05, 4.69) is 18.5 Å². The first-order valence-electron chi connectivity index (χ1n) is 5.63. The highest BCUT2D eigenvalue weighted by Gasteiger charge is 2.21. The average Bonchev–Trinajstić information content (AvgIpc) is 3.00. The van der Waals surface area contributed by atoms with Crippen LogP contribution < -0.4 is 5.32 Å². The summed E-state index contributed by atoms with van der Waals surface area (Å²) in [6.45, 7) is 2.93. The van der Waals surface area contributed by atoms with Crippen LogP contribution in [-0.2, 0) is 4.79 Å². The fourth-order valence-corrected chi connectivity index (χ4v) is 2.15.